The van der Waals surface area contributed by atoms with Crippen LogP contribution in [0.25, 0.3) is 11.4 Å². The third kappa shape index (κ3) is 13.3. The van der Waals surface area contributed by atoms with Gasteiger partial charge in [0.15, 0.2) is 5.82 Å². The van der Waals surface area contributed by atoms with Gasteiger partial charge in [-0.15, -0.1) is 0 Å². The molecule has 8 nitrogen and oxygen atoms in total. The molecule has 0 fully saturated rings. The fraction of sp³-hybridized carbons (Fsp3) is 0.677. The van der Waals surface area contributed by atoms with Crippen molar-refractivity contribution in [1.82, 2.24) is 9.97 Å². The van der Waals surface area contributed by atoms with E-state index in [1.807, 2.05) is 0 Å². The van der Waals surface area contributed by atoms with Crippen molar-refractivity contribution in [3.63, 3.8) is 0 Å². The van der Waals surface area contributed by atoms with Gasteiger partial charge in [-0.2, -0.15) is 65.9 Å². The summed E-state index contributed by atoms with van der Waals surface area (Å²) in [6, 6.07) is 6.45. The molecule has 310 valence electrons. The summed E-state index contributed by atoms with van der Waals surface area (Å²) >= 11 is 0. The fourth-order valence-corrected chi connectivity index (χ4v) is 4.13. The van der Waals surface area contributed by atoms with Gasteiger partial charge in [-0.1, -0.05) is 39.0 Å². The normalized spacial score (nSPS) is 14.4. The highest BCUT2D eigenvalue weighted by molar-refractivity contribution is 5.55. The molecule has 0 aliphatic rings. The Bertz CT molecular complexity index is 1400. The van der Waals surface area contributed by atoms with Crippen molar-refractivity contribution in [2.24, 2.45) is 0 Å². The first-order chi connectivity index (χ1) is 24.8. The Morgan fingerprint density at radius 1 is 0.630 bits per heavy atom. The summed E-state index contributed by atoms with van der Waals surface area (Å²) in [6.45, 7) is -2.67. The van der Waals surface area contributed by atoms with E-state index in [-0.39, 0.29) is 6.61 Å². The van der Waals surface area contributed by atoms with E-state index in [0.29, 0.717) is 17.1 Å². The van der Waals surface area contributed by atoms with Gasteiger partial charge in [0.2, 0.25) is 0 Å². The Labute approximate surface area is 297 Å². The summed E-state index contributed by atoms with van der Waals surface area (Å²) in [4.78, 5) is 8.75. The number of aromatic nitrogens is 2. The second kappa shape index (κ2) is 19.1. The van der Waals surface area contributed by atoms with Gasteiger partial charge in [-0.3, -0.25) is 0 Å². The van der Waals surface area contributed by atoms with Gasteiger partial charge in [0.25, 0.3) is 0 Å². The van der Waals surface area contributed by atoms with Gasteiger partial charge in [-0.25, -0.2) is 19.4 Å². The van der Waals surface area contributed by atoms with E-state index in [9.17, 15) is 71.0 Å². The molecule has 0 amide bonds. The van der Waals surface area contributed by atoms with Gasteiger partial charge in [0, 0.05) is 18.0 Å². The number of nitrogens with zero attached hydrogens (tertiary/aromatic N) is 2. The number of aliphatic hydroxyl groups excluding tert-OH is 1. The van der Waals surface area contributed by atoms with E-state index in [2.05, 4.69) is 26.4 Å². The van der Waals surface area contributed by atoms with Gasteiger partial charge in [-0.05, 0) is 42.7 Å². The number of hydrogen-bond acceptors (Lipinski definition) is 8. The third-order valence-corrected chi connectivity index (χ3v) is 7.02. The smallest absolute Gasteiger partial charge is 0.460 e. The van der Waals surface area contributed by atoms with Crippen LogP contribution in [0.2, 0.25) is 0 Å². The molecule has 1 heterocycles. The molecule has 0 unspecified atom stereocenters. The van der Waals surface area contributed by atoms with E-state index in [4.69, 9.17) is 9.47 Å². The molecule has 1 aromatic carbocycles. The maximum Gasteiger partial charge on any atom is 0.460 e. The molecular formula is C31H35F15N2O6. The van der Waals surface area contributed by atoms with Gasteiger partial charge >= 0.3 is 42.5 Å². The van der Waals surface area contributed by atoms with Crippen LogP contribution in [0.1, 0.15) is 51.0 Å². The van der Waals surface area contributed by atoms with Crippen LogP contribution >= 0.6 is 0 Å². The van der Waals surface area contributed by atoms with Gasteiger partial charge in [0.05, 0.1) is 19.8 Å². The first-order valence-corrected chi connectivity index (χ1v) is 15.9. The van der Waals surface area contributed by atoms with E-state index < -0.39 is 75.0 Å². The quantitative estimate of drug-likeness (QED) is 0.0785. The number of benzene rings is 1. The standard InChI is InChI=1S/C31H35F15N2O6/c1-2-3-4-5-6-7-8-20-15-47-24(48-16-20)21-9-11-23(12-10-21)52-18-22(49)17-50-13-14-51-19-25(32,33)53-30(43,44)31(45,46)54-29(41,42)27(36,37)26(34,35)28(38,39)40/h9-12,15-16,22,49H,2-8,13-14,17-19H2,1H3/t22-/m0/s1. The summed E-state index contributed by atoms with van der Waals surface area (Å²) in [5, 5.41) is 9.97. The van der Waals surface area contributed by atoms with Crippen LogP contribution in [0.5, 0.6) is 5.75 Å². The highest BCUT2D eigenvalue weighted by atomic mass is 19.4. The zero-order valence-corrected chi connectivity index (χ0v) is 28.1. The summed E-state index contributed by atoms with van der Waals surface area (Å²) < 4.78 is 214. The van der Waals surface area contributed by atoms with Crippen molar-refractivity contribution in [1.29, 1.82) is 0 Å². The van der Waals surface area contributed by atoms with Crippen molar-refractivity contribution in [3.8, 4) is 17.1 Å². The molecule has 1 atom stereocenters. The Kier molecular flexibility index (Phi) is 16.7. The van der Waals surface area contributed by atoms with Gasteiger partial charge < -0.3 is 19.3 Å². The fourth-order valence-electron chi connectivity index (χ4n) is 4.13. The SMILES string of the molecule is CCCCCCCCc1cnc(-c2ccc(OC[C@@H](O)COCCOCC(F)(F)OC(F)(F)C(F)(F)OC(F)(F)C(F)(F)C(F)(F)C(F)(F)F)cc2)nc1. The molecular weight excluding hydrogens is 781 g/mol. The van der Waals surface area contributed by atoms with Crippen molar-refractivity contribution in [3.05, 3.63) is 42.2 Å². The number of ether oxygens (including phenoxy) is 5. The van der Waals surface area contributed by atoms with E-state index in [1.165, 1.54) is 25.7 Å². The molecule has 0 radical (unpaired) electrons. The van der Waals surface area contributed by atoms with E-state index in [0.717, 1.165) is 24.8 Å². The predicted molar refractivity (Wildman–Crippen MR) is 156 cm³/mol. The average molecular weight is 817 g/mol. The predicted octanol–water partition coefficient (Wildman–Crippen LogP) is 9.06. The lowest BCUT2D eigenvalue weighted by molar-refractivity contribution is -0.543. The summed E-state index contributed by atoms with van der Waals surface area (Å²) in [6.07, 6.45) is -25.2. The third-order valence-electron chi connectivity index (χ3n) is 7.02. The number of aliphatic hydroxyl groups is 1. The molecule has 2 rings (SSSR count). The van der Waals surface area contributed by atoms with Crippen molar-refractivity contribution >= 4 is 0 Å². The first kappa shape index (κ1) is 47.0. The topological polar surface area (TPSA) is 92.2 Å². The molecule has 0 spiro atoms. The summed E-state index contributed by atoms with van der Waals surface area (Å²) in [5.41, 5.74) is 1.69. The largest absolute Gasteiger partial charge is 0.491 e. The maximum absolute atomic E-state index is 13.7. The van der Waals surface area contributed by atoms with Crippen LogP contribution in [0, 0.1) is 0 Å². The zero-order chi connectivity index (χ0) is 41.1. The Balaban J connectivity index is 1.74. The molecule has 0 saturated carbocycles. The lowest BCUT2D eigenvalue weighted by Gasteiger charge is -2.36. The number of aryl methyl sites for hydroxylation is 1. The second-order valence-corrected chi connectivity index (χ2v) is 11.6. The minimum Gasteiger partial charge on any atom is -0.491 e. The minimum atomic E-state index is -7.94. The highest BCUT2D eigenvalue weighted by Crippen LogP contribution is 2.56. The van der Waals surface area contributed by atoms with E-state index >= 15 is 0 Å². The van der Waals surface area contributed by atoms with Crippen LogP contribution in [0.3, 0.4) is 0 Å². The Morgan fingerprint density at radius 2 is 1.17 bits per heavy atom. The van der Waals surface area contributed by atoms with Crippen LogP contribution < -0.4 is 4.74 Å². The van der Waals surface area contributed by atoms with Crippen LogP contribution in [-0.2, 0) is 25.4 Å². The number of rotatable bonds is 25. The molecule has 1 aromatic heterocycles. The highest BCUT2D eigenvalue weighted by Gasteiger charge is 2.85. The van der Waals surface area contributed by atoms with Gasteiger partial charge in [0.1, 0.15) is 25.1 Å². The summed E-state index contributed by atoms with van der Waals surface area (Å²) in [7, 11) is 0. The summed E-state index contributed by atoms with van der Waals surface area (Å²) in [5.74, 6) is -15.0. The minimum absolute atomic E-state index is 0.313. The Morgan fingerprint density at radius 3 is 1.74 bits per heavy atom. The number of alkyl halides is 15. The molecule has 0 aliphatic heterocycles. The average Bonchev–Trinajstić information content (AvgIpc) is 3.05. The Hall–Kier alpha value is -3.15. The first-order valence-electron chi connectivity index (χ1n) is 15.9. The molecule has 1 N–H and O–H groups in total. The molecule has 54 heavy (non-hydrogen) atoms. The number of halogens is 15. The van der Waals surface area contributed by atoms with Crippen molar-refractivity contribution in [2.45, 2.75) is 100 Å². The zero-order valence-electron chi connectivity index (χ0n) is 28.1. The second-order valence-electron chi connectivity index (χ2n) is 11.6. The molecule has 23 heteroatoms. The van der Waals surface area contributed by atoms with Crippen LogP contribution in [0.4, 0.5) is 65.9 Å². The number of hydrogen-bond donors (Lipinski definition) is 1. The van der Waals surface area contributed by atoms with Crippen molar-refractivity contribution < 1.29 is 94.6 Å². The molecule has 0 bridgehead atoms. The molecule has 2 aromatic rings. The van der Waals surface area contributed by atoms with Crippen LogP contribution in [0.15, 0.2) is 36.7 Å². The lowest BCUT2D eigenvalue weighted by atomic mass is 10.1. The number of unbranched alkanes of at least 4 members (excludes halogenated alkanes) is 5. The van der Waals surface area contributed by atoms with Crippen LogP contribution in [-0.4, -0.2) is 96.7 Å². The lowest BCUT2D eigenvalue weighted by Crippen LogP contribution is -2.64. The van der Waals surface area contributed by atoms with E-state index in [1.54, 1.807) is 41.4 Å². The van der Waals surface area contributed by atoms with Crippen molar-refractivity contribution in [2.75, 3.05) is 33.0 Å². The molecule has 0 saturated heterocycles. The maximum atomic E-state index is 13.7. The monoisotopic (exact) mass is 816 g/mol. The molecule has 0 aliphatic carbocycles.